The number of nitrogens with one attached hydrogen (secondary N) is 2. The molecule has 1 amide bonds. The van der Waals surface area contributed by atoms with Crippen molar-refractivity contribution in [1.29, 1.82) is 0 Å². The first-order valence-corrected chi connectivity index (χ1v) is 8.90. The van der Waals surface area contributed by atoms with Gasteiger partial charge in [0.15, 0.2) is 5.96 Å². The van der Waals surface area contributed by atoms with E-state index in [0.717, 1.165) is 45.4 Å². The van der Waals surface area contributed by atoms with Gasteiger partial charge < -0.3 is 20.3 Å². The number of amides is 1. The van der Waals surface area contributed by atoms with Crippen LogP contribution >= 0.6 is 0 Å². The Hall–Kier alpha value is -1.30. The van der Waals surface area contributed by atoms with Crippen molar-refractivity contribution in [2.24, 2.45) is 10.9 Å². The lowest BCUT2D eigenvalue weighted by Gasteiger charge is -2.24. The van der Waals surface area contributed by atoms with Gasteiger partial charge in [0, 0.05) is 33.8 Å². The Balaban J connectivity index is 2.51. The highest BCUT2D eigenvalue weighted by Gasteiger charge is 2.15. The molecule has 0 aromatic carbocycles. The monoisotopic (exact) mass is 326 g/mol. The van der Waals surface area contributed by atoms with Crippen LogP contribution in [0, 0.1) is 5.92 Å². The zero-order valence-electron chi connectivity index (χ0n) is 15.2. The molecular weight excluding hydrogens is 292 g/mol. The maximum Gasteiger partial charge on any atom is 0.243 e. The standard InChI is InChI=1S/C17H34N4O2/c1-5-14(6-2)11-18-17(20-13-16(22)21(3)4)19-12-15-9-7-8-10-23-15/h14-15H,5-13H2,1-4H3,(H2,18,19,20). The summed E-state index contributed by atoms with van der Waals surface area (Å²) >= 11 is 0. The first kappa shape index (κ1) is 19.7. The SMILES string of the molecule is CCC(CC)CNC(=NCC(=O)N(C)C)NCC1CCCCO1. The molecule has 0 bridgehead atoms. The van der Waals surface area contributed by atoms with Crippen molar-refractivity contribution in [1.82, 2.24) is 15.5 Å². The van der Waals surface area contributed by atoms with Crippen molar-refractivity contribution in [3.05, 3.63) is 0 Å². The lowest BCUT2D eigenvalue weighted by Crippen LogP contribution is -2.44. The molecule has 0 aliphatic carbocycles. The Kier molecular flexibility index (Phi) is 9.67. The second kappa shape index (κ2) is 11.3. The van der Waals surface area contributed by atoms with Gasteiger partial charge in [-0.1, -0.05) is 26.7 Å². The van der Waals surface area contributed by atoms with E-state index in [9.17, 15) is 4.79 Å². The molecule has 0 aromatic heterocycles. The fraction of sp³-hybridized carbons (Fsp3) is 0.882. The van der Waals surface area contributed by atoms with Crippen LogP contribution in [-0.4, -0.2) is 63.2 Å². The van der Waals surface area contributed by atoms with Crippen LogP contribution in [0.1, 0.15) is 46.0 Å². The summed E-state index contributed by atoms with van der Waals surface area (Å²) in [6.45, 7) is 7.03. The van der Waals surface area contributed by atoms with E-state index in [1.165, 1.54) is 6.42 Å². The molecule has 6 nitrogen and oxygen atoms in total. The maximum atomic E-state index is 11.7. The molecule has 1 rings (SSSR count). The summed E-state index contributed by atoms with van der Waals surface area (Å²) in [5.74, 6) is 1.33. The van der Waals surface area contributed by atoms with E-state index in [2.05, 4.69) is 29.5 Å². The minimum atomic E-state index is 0.00236. The number of nitrogens with zero attached hydrogens (tertiary/aromatic N) is 2. The zero-order chi connectivity index (χ0) is 17.1. The molecule has 0 saturated carbocycles. The lowest BCUT2D eigenvalue weighted by molar-refractivity contribution is -0.127. The van der Waals surface area contributed by atoms with Gasteiger partial charge >= 0.3 is 0 Å². The largest absolute Gasteiger partial charge is 0.376 e. The van der Waals surface area contributed by atoms with Gasteiger partial charge in [-0.3, -0.25) is 4.79 Å². The molecule has 1 aliphatic rings. The Morgan fingerprint density at radius 1 is 1.26 bits per heavy atom. The van der Waals surface area contributed by atoms with Crippen LogP contribution in [0.3, 0.4) is 0 Å². The summed E-state index contributed by atoms with van der Waals surface area (Å²) in [4.78, 5) is 17.7. The molecule has 134 valence electrons. The van der Waals surface area contributed by atoms with E-state index in [-0.39, 0.29) is 18.6 Å². The van der Waals surface area contributed by atoms with Crippen LogP contribution in [0.4, 0.5) is 0 Å². The molecule has 2 N–H and O–H groups in total. The molecular formula is C17H34N4O2. The molecule has 1 heterocycles. The summed E-state index contributed by atoms with van der Waals surface area (Å²) in [6.07, 6.45) is 5.98. The predicted molar refractivity (Wildman–Crippen MR) is 94.7 cm³/mol. The summed E-state index contributed by atoms with van der Waals surface area (Å²) in [5, 5.41) is 6.70. The minimum absolute atomic E-state index is 0.00236. The quantitative estimate of drug-likeness (QED) is 0.525. The maximum absolute atomic E-state index is 11.7. The number of rotatable bonds is 8. The molecule has 1 unspecified atom stereocenters. The molecule has 1 saturated heterocycles. The van der Waals surface area contributed by atoms with E-state index in [4.69, 9.17) is 4.74 Å². The van der Waals surface area contributed by atoms with Crippen molar-refractivity contribution in [2.45, 2.75) is 52.1 Å². The van der Waals surface area contributed by atoms with E-state index >= 15 is 0 Å². The number of guanidine groups is 1. The van der Waals surface area contributed by atoms with Crippen molar-refractivity contribution < 1.29 is 9.53 Å². The lowest BCUT2D eigenvalue weighted by atomic mass is 10.0. The molecule has 6 heteroatoms. The normalized spacial score (nSPS) is 18.8. The number of carbonyl (C=O) groups is 1. The number of ether oxygens (including phenoxy) is 1. The van der Waals surface area contributed by atoms with Gasteiger partial charge in [0.25, 0.3) is 0 Å². The third-order valence-corrected chi connectivity index (χ3v) is 4.36. The van der Waals surface area contributed by atoms with Crippen LogP contribution in [-0.2, 0) is 9.53 Å². The first-order chi connectivity index (χ1) is 11.1. The van der Waals surface area contributed by atoms with E-state index in [1.54, 1.807) is 19.0 Å². The second-order valence-electron chi connectivity index (χ2n) is 6.39. The molecule has 0 radical (unpaired) electrons. The van der Waals surface area contributed by atoms with Gasteiger partial charge in [0.2, 0.25) is 5.91 Å². The van der Waals surface area contributed by atoms with Crippen LogP contribution in [0.2, 0.25) is 0 Å². The first-order valence-electron chi connectivity index (χ1n) is 8.90. The molecule has 1 fully saturated rings. The van der Waals surface area contributed by atoms with Crippen molar-refractivity contribution in [2.75, 3.05) is 40.3 Å². The Morgan fingerprint density at radius 3 is 2.57 bits per heavy atom. The van der Waals surface area contributed by atoms with Gasteiger partial charge in [-0.05, 0) is 25.2 Å². The smallest absolute Gasteiger partial charge is 0.243 e. The Morgan fingerprint density at radius 2 is 2.00 bits per heavy atom. The van der Waals surface area contributed by atoms with Gasteiger partial charge in [-0.15, -0.1) is 0 Å². The summed E-state index contributed by atoms with van der Waals surface area (Å²) in [7, 11) is 3.50. The average molecular weight is 326 g/mol. The molecule has 0 aromatic rings. The molecule has 23 heavy (non-hydrogen) atoms. The van der Waals surface area contributed by atoms with Crippen molar-refractivity contribution in [3.63, 3.8) is 0 Å². The average Bonchev–Trinajstić information content (AvgIpc) is 2.57. The van der Waals surface area contributed by atoms with Crippen LogP contribution in [0.25, 0.3) is 0 Å². The summed E-state index contributed by atoms with van der Waals surface area (Å²) < 4.78 is 5.74. The van der Waals surface area contributed by atoms with Gasteiger partial charge in [-0.25, -0.2) is 4.99 Å². The fourth-order valence-electron chi connectivity index (χ4n) is 2.46. The highest BCUT2D eigenvalue weighted by atomic mass is 16.5. The molecule has 1 atom stereocenters. The van der Waals surface area contributed by atoms with Crippen LogP contribution < -0.4 is 10.6 Å². The van der Waals surface area contributed by atoms with Gasteiger partial charge in [0.05, 0.1) is 6.10 Å². The van der Waals surface area contributed by atoms with E-state index in [1.807, 2.05) is 0 Å². The molecule has 0 spiro atoms. The second-order valence-corrected chi connectivity index (χ2v) is 6.39. The Labute approximate surface area is 141 Å². The number of likely N-dealkylation sites (N-methyl/N-ethyl adjacent to an activating group) is 1. The van der Waals surface area contributed by atoms with E-state index < -0.39 is 0 Å². The highest BCUT2D eigenvalue weighted by Crippen LogP contribution is 2.11. The number of hydrogen-bond donors (Lipinski definition) is 2. The highest BCUT2D eigenvalue weighted by molar-refractivity contribution is 5.84. The number of aliphatic imine (C=N–C) groups is 1. The third-order valence-electron chi connectivity index (χ3n) is 4.36. The topological polar surface area (TPSA) is 66.0 Å². The number of carbonyl (C=O) groups excluding carboxylic acids is 1. The van der Waals surface area contributed by atoms with Crippen LogP contribution in [0.5, 0.6) is 0 Å². The van der Waals surface area contributed by atoms with Gasteiger partial charge in [0.1, 0.15) is 6.54 Å². The van der Waals surface area contributed by atoms with Gasteiger partial charge in [-0.2, -0.15) is 0 Å². The van der Waals surface area contributed by atoms with Crippen molar-refractivity contribution >= 4 is 11.9 Å². The fourth-order valence-corrected chi connectivity index (χ4v) is 2.46. The van der Waals surface area contributed by atoms with Crippen molar-refractivity contribution in [3.8, 4) is 0 Å². The van der Waals surface area contributed by atoms with Crippen LogP contribution in [0.15, 0.2) is 4.99 Å². The Bertz CT molecular complexity index is 362. The summed E-state index contributed by atoms with van der Waals surface area (Å²) in [5.41, 5.74) is 0. The number of hydrogen-bond acceptors (Lipinski definition) is 3. The zero-order valence-corrected chi connectivity index (χ0v) is 15.2. The van der Waals surface area contributed by atoms with E-state index in [0.29, 0.717) is 11.9 Å². The minimum Gasteiger partial charge on any atom is -0.376 e. The predicted octanol–water partition coefficient (Wildman–Crippen LogP) is 1.62. The summed E-state index contributed by atoms with van der Waals surface area (Å²) in [6, 6.07) is 0. The third kappa shape index (κ3) is 8.21. The molecule has 1 aliphatic heterocycles.